The van der Waals surface area contributed by atoms with Crippen LogP contribution in [0.15, 0.2) is 6.20 Å². The van der Waals surface area contributed by atoms with Crippen LogP contribution >= 0.6 is 11.3 Å². The average Bonchev–Trinajstić information content (AvgIpc) is 2.82. The van der Waals surface area contributed by atoms with Crippen molar-refractivity contribution in [1.29, 1.82) is 0 Å². The van der Waals surface area contributed by atoms with Gasteiger partial charge >= 0.3 is 0 Å². The number of rotatable bonds is 4. The van der Waals surface area contributed by atoms with Crippen molar-refractivity contribution in [3.63, 3.8) is 0 Å². The highest BCUT2D eigenvalue weighted by atomic mass is 32.1. The Morgan fingerprint density at radius 1 is 1.61 bits per heavy atom. The van der Waals surface area contributed by atoms with Gasteiger partial charge in [0.2, 0.25) is 5.91 Å². The molecule has 1 atom stereocenters. The van der Waals surface area contributed by atoms with E-state index in [1.807, 2.05) is 20.0 Å². The number of nitrogens with one attached hydrogen (secondary N) is 1. The Kier molecular flexibility index (Phi) is 4.72. The van der Waals surface area contributed by atoms with Gasteiger partial charge in [0, 0.05) is 30.2 Å². The van der Waals surface area contributed by atoms with Crippen molar-refractivity contribution in [2.24, 2.45) is 11.8 Å². The molecule has 1 fully saturated rings. The Morgan fingerprint density at radius 3 is 2.94 bits per heavy atom. The second-order valence-corrected chi connectivity index (χ2v) is 6.14. The maximum absolute atomic E-state index is 12.0. The second kappa shape index (κ2) is 6.29. The first-order chi connectivity index (χ1) is 8.66. The van der Waals surface area contributed by atoms with Gasteiger partial charge in [-0.25, -0.2) is 4.98 Å². The highest BCUT2D eigenvalue weighted by Crippen LogP contribution is 2.23. The van der Waals surface area contributed by atoms with Crippen molar-refractivity contribution in [2.45, 2.75) is 33.2 Å². The lowest BCUT2D eigenvalue weighted by atomic mass is 9.87. The van der Waals surface area contributed by atoms with Crippen molar-refractivity contribution in [3.05, 3.63) is 16.1 Å². The second-order valence-electron chi connectivity index (χ2n) is 4.82. The third kappa shape index (κ3) is 3.53. The highest BCUT2D eigenvalue weighted by molar-refractivity contribution is 7.11. The van der Waals surface area contributed by atoms with Gasteiger partial charge in [-0.3, -0.25) is 4.79 Å². The molecular formula is C13H20N2O2S. The summed E-state index contributed by atoms with van der Waals surface area (Å²) in [5, 5.41) is 3.95. The largest absolute Gasteiger partial charge is 0.381 e. The molecule has 18 heavy (non-hydrogen) atoms. The van der Waals surface area contributed by atoms with Gasteiger partial charge in [-0.2, -0.15) is 0 Å². The maximum Gasteiger partial charge on any atom is 0.223 e. The number of amides is 1. The lowest BCUT2D eigenvalue weighted by Gasteiger charge is -2.26. The van der Waals surface area contributed by atoms with Crippen LogP contribution in [0.5, 0.6) is 0 Å². The van der Waals surface area contributed by atoms with Gasteiger partial charge in [0.05, 0.1) is 6.54 Å². The zero-order chi connectivity index (χ0) is 13.0. The van der Waals surface area contributed by atoms with E-state index in [4.69, 9.17) is 4.74 Å². The fourth-order valence-electron chi connectivity index (χ4n) is 2.24. The van der Waals surface area contributed by atoms with Crippen LogP contribution in [0.2, 0.25) is 0 Å². The van der Waals surface area contributed by atoms with Gasteiger partial charge in [-0.05, 0) is 25.7 Å². The molecule has 1 aliphatic rings. The molecule has 0 aliphatic carbocycles. The number of ether oxygens (including phenoxy) is 1. The summed E-state index contributed by atoms with van der Waals surface area (Å²) in [6.45, 7) is 6.15. The van der Waals surface area contributed by atoms with Gasteiger partial charge in [-0.15, -0.1) is 11.3 Å². The highest BCUT2D eigenvalue weighted by Gasteiger charge is 2.25. The van der Waals surface area contributed by atoms with Crippen LogP contribution in [0, 0.1) is 18.8 Å². The van der Waals surface area contributed by atoms with Crippen LogP contribution in [0.1, 0.15) is 29.7 Å². The van der Waals surface area contributed by atoms with Crippen LogP contribution < -0.4 is 5.32 Å². The third-order valence-electron chi connectivity index (χ3n) is 3.47. The third-order valence-corrected chi connectivity index (χ3v) is 4.38. The summed E-state index contributed by atoms with van der Waals surface area (Å²) >= 11 is 1.63. The molecular weight excluding hydrogens is 248 g/mol. The molecule has 1 aromatic heterocycles. The monoisotopic (exact) mass is 268 g/mol. The number of thiazole rings is 1. The van der Waals surface area contributed by atoms with Gasteiger partial charge in [0.15, 0.2) is 0 Å². The summed E-state index contributed by atoms with van der Waals surface area (Å²) in [6, 6.07) is 0. The van der Waals surface area contributed by atoms with E-state index in [1.54, 1.807) is 11.3 Å². The molecule has 5 heteroatoms. The van der Waals surface area contributed by atoms with E-state index >= 15 is 0 Å². The fourth-order valence-corrected chi connectivity index (χ4v) is 2.96. The minimum absolute atomic E-state index is 0.0648. The van der Waals surface area contributed by atoms with Crippen molar-refractivity contribution >= 4 is 17.2 Å². The minimum Gasteiger partial charge on any atom is -0.381 e. The topological polar surface area (TPSA) is 51.2 Å². The Hall–Kier alpha value is -0.940. The Balaban J connectivity index is 1.79. The lowest BCUT2D eigenvalue weighted by molar-refractivity contribution is -0.127. The average molecular weight is 268 g/mol. The molecule has 1 N–H and O–H groups in total. The number of nitrogens with zero attached hydrogens (tertiary/aromatic N) is 1. The molecule has 1 amide bonds. The minimum atomic E-state index is 0.0648. The zero-order valence-electron chi connectivity index (χ0n) is 10.9. The smallest absolute Gasteiger partial charge is 0.223 e. The van der Waals surface area contributed by atoms with Gasteiger partial charge < -0.3 is 10.1 Å². The number of carbonyl (C=O) groups excluding carboxylic acids is 1. The first-order valence-corrected chi connectivity index (χ1v) is 7.25. The predicted octanol–water partition coefficient (Wildman–Crippen LogP) is 2.13. The summed E-state index contributed by atoms with van der Waals surface area (Å²) in [5.74, 6) is 0.654. The van der Waals surface area contributed by atoms with E-state index in [0.717, 1.165) is 31.1 Å². The molecule has 100 valence electrons. The van der Waals surface area contributed by atoms with Crippen LogP contribution in [0.4, 0.5) is 0 Å². The Labute approximate surface area is 112 Å². The molecule has 1 aromatic rings. The maximum atomic E-state index is 12.0. The van der Waals surface area contributed by atoms with E-state index in [0.29, 0.717) is 12.5 Å². The van der Waals surface area contributed by atoms with Gasteiger partial charge in [-0.1, -0.05) is 6.92 Å². The molecule has 0 saturated carbocycles. The predicted molar refractivity (Wildman–Crippen MR) is 71.4 cm³/mol. The summed E-state index contributed by atoms with van der Waals surface area (Å²) in [6.07, 6.45) is 3.82. The number of carbonyl (C=O) groups is 1. The van der Waals surface area contributed by atoms with Crippen molar-refractivity contribution < 1.29 is 9.53 Å². The zero-order valence-corrected chi connectivity index (χ0v) is 11.8. The van der Waals surface area contributed by atoms with Crippen LogP contribution in [0.25, 0.3) is 0 Å². The van der Waals surface area contributed by atoms with E-state index in [9.17, 15) is 4.79 Å². The van der Waals surface area contributed by atoms with Crippen LogP contribution in [-0.2, 0) is 16.1 Å². The summed E-state index contributed by atoms with van der Waals surface area (Å²) in [7, 11) is 0. The normalized spacial score (nSPS) is 18.6. The molecule has 4 nitrogen and oxygen atoms in total. The lowest BCUT2D eigenvalue weighted by Crippen LogP contribution is -2.35. The molecule has 0 spiro atoms. The first kappa shape index (κ1) is 13.5. The number of hydrogen-bond acceptors (Lipinski definition) is 4. The SMILES string of the molecule is Cc1cnc(CNC(=O)C(C)C2CCOCC2)s1. The van der Waals surface area contributed by atoms with E-state index < -0.39 is 0 Å². The van der Waals surface area contributed by atoms with E-state index in [2.05, 4.69) is 10.3 Å². The van der Waals surface area contributed by atoms with Crippen LogP contribution in [-0.4, -0.2) is 24.1 Å². The first-order valence-electron chi connectivity index (χ1n) is 6.43. The van der Waals surface area contributed by atoms with Crippen LogP contribution in [0.3, 0.4) is 0 Å². The van der Waals surface area contributed by atoms with Gasteiger partial charge in [0.1, 0.15) is 5.01 Å². The number of hydrogen-bond donors (Lipinski definition) is 1. The summed E-state index contributed by atoms with van der Waals surface area (Å²) in [5.41, 5.74) is 0. The quantitative estimate of drug-likeness (QED) is 0.910. The molecule has 0 bridgehead atoms. The van der Waals surface area contributed by atoms with Gasteiger partial charge in [0.25, 0.3) is 0 Å². The number of aromatic nitrogens is 1. The molecule has 1 saturated heterocycles. The van der Waals surface area contributed by atoms with E-state index in [1.165, 1.54) is 4.88 Å². The molecule has 1 unspecified atom stereocenters. The number of aryl methyl sites for hydroxylation is 1. The van der Waals surface area contributed by atoms with Crippen molar-refractivity contribution in [3.8, 4) is 0 Å². The van der Waals surface area contributed by atoms with Crippen molar-refractivity contribution in [2.75, 3.05) is 13.2 Å². The Bertz CT molecular complexity index is 399. The molecule has 2 heterocycles. The fraction of sp³-hybridized carbons (Fsp3) is 0.692. The molecule has 1 aliphatic heterocycles. The Morgan fingerprint density at radius 2 is 2.33 bits per heavy atom. The van der Waals surface area contributed by atoms with Crippen molar-refractivity contribution in [1.82, 2.24) is 10.3 Å². The molecule has 0 aromatic carbocycles. The summed E-state index contributed by atoms with van der Waals surface area (Å²) < 4.78 is 5.32. The standard InChI is InChI=1S/C13H20N2O2S/c1-9-7-14-12(18-9)8-15-13(16)10(2)11-3-5-17-6-4-11/h7,10-11H,3-6,8H2,1-2H3,(H,15,16). The van der Waals surface area contributed by atoms with E-state index in [-0.39, 0.29) is 11.8 Å². The molecule has 0 radical (unpaired) electrons. The summed E-state index contributed by atoms with van der Waals surface area (Å²) in [4.78, 5) is 17.5. The molecule has 2 rings (SSSR count).